The zero-order valence-electron chi connectivity index (χ0n) is 19.9. The van der Waals surface area contributed by atoms with Gasteiger partial charge in [-0.25, -0.2) is 23.1 Å². The van der Waals surface area contributed by atoms with Gasteiger partial charge in [0.25, 0.3) is 0 Å². The Morgan fingerprint density at radius 1 is 0.973 bits per heavy atom. The van der Waals surface area contributed by atoms with Crippen LogP contribution in [0.5, 0.6) is 5.75 Å². The van der Waals surface area contributed by atoms with E-state index in [1.807, 2.05) is 0 Å². The summed E-state index contributed by atoms with van der Waals surface area (Å²) < 4.78 is 53.6. The highest BCUT2D eigenvalue weighted by Crippen LogP contribution is 2.33. The van der Waals surface area contributed by atoms with E-state index in [4.69, 9.17) is 20.9 Å². The Balaban J connectivity index is 1.42. The number of nitrogen functional groups attached to an aromatic ring is 2. The summed E-state index contributed by atoms with van der Waals surface area (Å²) in [5.41, 5.74) is 13.2. The molecule has 192 valence electrons. The van der Waals surface area contributed by atoms with Crippen LogP contribution >= 0.6 is 0 Å². The molecule has 1 aliphatic rings. The van der Waals surface area contributed by atoms with Gasteiger partial charge in [0, 0.05) is 42.7 Å². The molecule has 0 atom stereocenters. The van der Waals surface area contributed by atoms with E-state index < -0.39 is 17.5 Å². The second kappa shape index (κ2) is 10.6. The Hall–Kier alpha value is -3.96. The highest BCUT2D eigenvalue weighted by atomic mass is 19.1. The van der Waals surface area contributed by atoms with Gasteiger partial charge in [-0.05, 0) is 30.7 Å². The Kier molecular flexibility index (Phi) is 7.06. The molecule has 5 rings (SSSR count). The zero-order valence-corrected chi connectivity index (χ0v) is 19.9. The third-order valence-corrected chi connectivity index (χ3v) is 6.13. The SMILES string of the molecule is Nc1cc2c(N)nc(-c3cc(-c4ncc(F)cc4F)ccc3F)nc2cc1OCCCN1CCOCC1. The monoisotopic (exact) mass is 510 g/mol. The molecule has 8 nitrogen and oxygen atoms in total. The van der Waals surface area contributed by atoms with Crippen molar-refractivity contribution in [2.75, 3.05) is 50.9 Å². The number of hydrogen-bond donors (Lipinski definition) is 2. The van der Waals surface area contributed by atoms with E-state index in [2.05, 4.69) is 19.9 Å². The number of nitrogens with two attached hydrogens (primary N) is 2. The van der Waals surface area contributed by atoms with Crippen LogP contribution in [0, 0.1) is 17.5 Å². The molecule has 0 unspecified atom stereocenters. The van der Waals surface area contributed by atoms with Gasteiger partial charge >= 0.3 is 0 Å². The van der Waals surface area contributed by atoms with Gasteiger partial charge in [0.1, 0.15) is 28.9 Å². The first kappa shape index (κ1) is 24.7. The molecule has 0 bridgehead atoms. The van der Waals surface area contributed by atoms with Gasteiger partial charge in [-0.15, -0.1) is 0 Å². The molecule has 4 N–H and O–H groups in total. The van der Waals surface area contributed by atoms with Gasteiger partial charge in [0.05, 0.1) is 42.8 Å². The molecule has 37 heavy (non-hydrogen) atoms. The van der Waals surface area contributed by atoms with E-state index in [-0.39, 0.29) is 28.5 Å². The summed E-state index contributed by atoms with van der Waals surface area (Å²) in [5, 5.41) is 0.490. The number of pyridine rings is 1. The number of anilines is 2. The number of halogens is 3. The van der Waals surface area contributed by atoms with Gasteiger partial charge in [-0.2, -0.15) is 0 Å². The third-order valence-electron chi connectivity index (χ3n) is 6.13. The van der Waals surface area contributed by atoms with E-state index in [1.54, 1.807) is 12.1 Å². The van der Waals surface area contributed by atoms with Crippen LogP contribution in [0.25, 0.3) is 33.5 Å². The largest absolute Gasteiger partial charge is 0.491 e. The fraction of sp³-hybridized carbons (Fsp3) is 0.269. The first-order valence-electron chi connectivity index (χ1n) is 11.8. The maximum Gasteiger partial charge on any atom is 0.165 e. The molecule has 1 aliphatic heterocycles. The van der Waals surface area contributed by atoms with Crippen molar-refractivity contribution in [1.29, 1.82) is 0 Å². The second-order valence-electron chi connectivity index (χ2n) is 8.67. The number of hydrogen-bond acceptors (Lipinski definition) is 8. The lowest BCUT2D eigenvalue weighted by Crippen LogP contribution is -2.37. The summed E-state index contributed by atoms with van der Waals surface area (Å²) >= 11 is 0. The van der Waals surface area contributed by atoms with Crippen molar-refractivity contribution in [3.63, 3.8) is 0 Å². The van der Waals surface area contributed by atoms with Crippen molar-refractivity contribution >= 4 is 22.4 Å². The lowest BCUT2D eigenvalue weighted by atomic mass is 10.1. The van der Waals surface area contributed by atoms with Gasteiger partial charge in [0.15, 0.2) is 11.6 Å². The van der Waals surface area contributed by atoms with Gasteiger partial charge in [0.2, 0.25) is 0 Å². The standard InChI is InChI=1S/C26H25F3N6O2/c27-16-11-20(29)24(32-14-16)15-2-3-19(28)17(10-15)26-33-22-13-23(21(30)12-18(22)25(31)34-26)37-7-1-4-35-5-8-36-9-6-35/h2-3,10-14H,1,4-9,30H2,(H2,31,33,34). The highest BCUT2D eigenvalue weighted by Gasteiger charge is 2.17. The molecule has 0 saturated carbocycles. The number of nitrogens with zero attached hydrogens (tertiary/aromatic N) is 4. The van der Waals surface area contributed by atoms with Crippen molar-refractivity contribution in [2.45, 2.75) is 6.42 Å². The van der Waals surface area contributed by atoms with Crippen LogP contribution in [0.1, 0.15) is 6.42 Å². The summed E-state index contributed by atoms with van der Waals surface area (Å²) in [6, 6.07) is 7.81. The molecule has 1 saturated heterocycles. The molecule has 0 radical (unpaired) electrons. The summed E-state index contributed by atoms with van der Waals surface area (Å²) in [6.45, 7) is 4.61. The average molecular weight is 511 g/mol. The van der Waals surface area contributed by atoms with Crippen LogP contribution in [0.2, 0.25) is 0 Å². The van der Waals surface area contributed by atoms with Crippen molar-refractivity contribution in [1.82, 2.24) is 19.9 Å². The predicted molar refractivity (Wildman–Crippen MR) is 134 cm³/mol. The molecule has 0 spiro atoms. The van der Waals surface area contributed by atoms with Gasteiger partial charge < -0.3 is 20.9 Å². The fourth-order valence-electron chi connectivity index (χ4n) is 4.21. The predicted octanol–water partition coefficient (Wildman–Crippen LogP) is 4.04. The van der Waals surface area contributed by atoms with E-state index >= 15 is 0 Å². The van der Waals surface area contributed by atoms with Crippen LogP contribution < -0.4 is 16.2 Å². The number of rotatable bonds is 7. The third kappa shape index (κ3) is 5.42. The number of aromatic nitrogens is 3. The molecule has 11 heteroatoms. The summed E-state index contributed by atoms with van der Waals surface area (Å²) in [5.74, 6) is -1.79. The minimum atomic E-state index is -0.873. The minimum absolute atomic E-state index is 0.00471. The van der Waals surface area contributed by atoms with Crippen molar-refractivity contribution < 1.29 is 22.6 Å². The second-order valence-corrected chi connectivity index (χ2v) is 8.67. The van der Waals surface area contributed by atoms with E-state index in [9.17, 15) is 13.2 Å². The molecule has 4 aromatic rings. The number of morpholine rings is 1. The molecule has 0 aliphatic carbocycles. The molecule has 0 amide bonds. The number of benzene rings is 2. The zero-order chi connectivity index (χ0) is 25.9. The van der Waals surface area contributed by atoms with Crippen molar-refractivity contribution in [2.24, 2.45) is 0 Å². The molecule has 2 aromatic heterocycles. The normalized spacial score (nSPS) is 14.2. The highest BCUT2D eigenvalue weighted by molar-refractivity contribution is 5.93. The topological polar surface area (TPSA) is 112 Å². The fourth-order valence-corrected chi connectivity index (χ4v) is 4.21. The molecule has 2 aromatic carbocycles. The van der Waals surface area contributed by atoms with E-state index in [0.717, 1.165) is 51.5 Å². The van der Waals surface area contributed by atoms with Crippen molar-refractivity contribution in [3.05, 3.63) is 60.0 Å². The Morgan fingerprint density at radius 3 is 2.57 bits per heavy atom. The van der Waals surface area contributed by atoms with E-state index in [1.165, 1.54) is 12.1 Å². The lowest BCUT2D eigenvalue weighted by molar-refractivity contribution is 0.0358. The maximum atomic E-state index is 14.8. The summed E-state index contributed by atoms with van der Waals surface area (Å²) in [6.07, 6.45) is 1.69. The van der Waals surface area contributed by atoms with Crippen LogP contribution in [0.15, 0.2) is 42.6 Å². The Labute approximate surface area is 211 Å². The van der Waals surface area contributed by atoms with Crippen LogP contribution in [0.4, 0.5) is 24.7 Å². The van der Waals surface area contributed by atoms with Crippen molar-refractivity contribution in [3.8, 4) is 28.4 Å². The maximum absolute atomic E-state index is 14.8. The summed E-state index contributed by atoms with van der Waals surface area (Å²) in [7, 11) is 0. The molecular formula is C26H25F3N6O2. The quantitative estimate of drug-likeness (QED) is 0.283. The molecule has 3 heterocycles. The smallest absolute Gasteiger partial charge is 0.165 e. The van der Waals surface area contributed by atoms with E-state index in [0.29, 0.717) is 35.0 Å². The van der Waals surface area contributed by atoms with Crippen LogP contribution in [0.3, 0.4) is 0 Å². The first-order chi connectivity index (χ1) is 17.9. The number of ether oxygens (including phenoxy) is 2. The molecule has 1 fully saturated rings. The first-order valence-corrected chi connectivity index (χ1v) is 11.8. The average Bonchev–Trinajstić information content (AvgIpc) is 2.88. The van der Waals surface area contributed by atoms with Crippen LogP contribution in [-0.4, -0.2) is 59.3 Å². The van der Waals surface area contributed by atoms with Gasteiger partial charge in [-0.1, -0.05) is 0 Å². The molecular weight excluding hydrogens is 485 g/mol. The van der Waals surface area contributed by atoms with Gasteiger partial charge in [-0.3, -0.25) is 9.88 Å². The lowest BCUT2D eigenvalue weighted by Gasteiger charge is -2.26. The Morgan fingerprint density at radius 2 is 1.78 bits per heavy atom. The minimum Gasteiger partial charge on any atom is -0.491 e. The Bertz CT molecular complexity index is 1450. The van der Waals surface area contributed by atoms with Crippen LogP contribution in [-0.2, 0) is 4.74 Å². The number of fused-ring (bicyclic) bond motifs is 1. The summed E-state index contributed by atoms with van der Waals surface area (Å²) in [4.78, 5) is 14.8.